The Labute approximate surface area is 129 Å². The first-order chi connectivity index (χ1) is 10.4. The zero-order chi connectivity index (χ0) is 15.9. The third-order valence-electron chi connectivity index (χ3n) is 4.77. The standard InChI is InChI=1S/C15H23N3O4/c1-10-7-17(8-11(2)22-10)12(19)9-18-13(20)15(16-14(18)21)5-3-4-6-15/h10-11H,3-9H2,1-2H3,(H,16,21)/t10-,11+. The van der Waals surface area contributed by atoms with Gasteiger partial charge in [-0.3, -0.25) is 14.5 Å². The quantitative estimate of drug-likeness (QED) is 0.753. The number of hydrogen-bond acceptors (Lipinski definition) is 4. The van der Waals surface area contributed by atoms with Gasteiger partial charge < -0.3 is 15.0 Å². The van der Waals surface area contributed by atoms with Crippen molar-refractivity contribution >= 4 is 17.8 Å². The lowest BCUT2D eigenvalue weighted by molar-refractivity contribution is -0.146. The average Bonchev–Trinajstić information content (AvgIpc) is 2.99. The molecule has 3 aliphatic rings. The van der Waals surface area contributed by atoms with E-state index in [1.54, 1.807) is 4.90 Å². The smallest absolute Gasteiger partial charge is 0.325 e. The molecule has 2 heterocycles. The summed E-state index contributed by atoms with van der Waals surface area (Å²) >= 11 is 0. The highest BCUT2D eigenvalue weighted by atomic mass is 16.5. The zero-order valence-corrected chi connectivity index (χ0v) is 13.1. The molecule has 1 N–H and O–H groups in total. The van der Waals surface area contributed by atoms with Crippen molar-refractivity contribution < 1.29 is 19.1 Å². The molecule has 2 aliphatic heterocycles. The maximum absolute atomic E-state index is 12.5. The van der Waals surface area contributed by atoms with Crippen molar-refractivity contribution in [3.8, 4) is 0 Å². The number of carbonyl (C=O) groups excluding carboxylic acids is 3. The molecule has 2 saturated heterocycles. The summed E-state index contributed by atoms with van der Waals surface area (Å²) in [5.41, 5.74) is -0.747. The molecule has 1 spiro atoms. The Morgan fingerprint density at radius 2 is 1.82 bits per heavy atom. The summed E-state index contributed by atoms with van der Waals surface area (Å²) in [6, 6.07) is -0.436. The summed E-state index contributed by atoms with van der Waals surface area (Å²) in [4.78, 5) is 39.8. The SMILES string of the molecule is C[C@@H]1CN(C(=O)CN2C(=O)NC3(CCCC3)C2=O)C[C@H](C)O1. The third kappa shape index (κ3) is 2.58. The van der Waals surface area contributed by atoms with E-state index in [-0.39, 0.29) is 30.6 Å². The molecule has 0 radical (unpaired) electrons. The minimum absolute atomic E-state index is 0.0306. The highest BCUT2D eigenvalue weighted by molar-refractivity contribution is 6.09. The highest BCUT2D eigenvalue weighted by Gasteiger charge is 2.52. The summed E-state index contributed by atoms with van der Waals surface area (Å²) in [6.07, 6.45) is 3.16. The normalized spacial score (nSPS) is 31.0. The molecule has 0 aromatic rings. The molecule has 7 nitrogen and oxygen atoms in total. The molecule has 22 heavy (non-hydrogen) atoms. The van der Waals surface area contributed by atoms with E-state index in [9.17, 15) is 14.4 Å². The van der Waals surface area contributed by atoms with Crippen LogP contribution in [0.3, 0.4) is 0 Å². The number of carbonyl (C=O) groups is 3. The lowest BCUT2D eigenvalue weighted by Crippen LogP contribution is -2.52. The van der Waals surface area contributed by atoms with Gasteiger partial charge in [-0.1, -0.05) is 12.8 Å². The number of nitrogens with zero attached hydrogens (tertiary/aromatic N) is 2. The number of hydrogen-bond donors (Lipinski definition) is 1. The van der Waals surface area contributed by atoms with Crippen molar-refractivity contribution in [2.45, 2.75) is 57.3 Å². The van der Waals surface area contributed by atoms with Gasteiger partial charge in [0.2, 0.25) is 5.91 Å². The van der Waals surface area contributed by atoms with Gasteiger partial charge in [0.25, 0.3) is 5.91 Å². The predicted molar refractivity (Wildman–Crippen MR) is 78.0 cm³/mol. The van der Waals surface area contributed by atoms with Gasteiger partial charge in [-0.2, -0.15) is 0 Å². The van der Waals surface area contributed by atoms with Crippen molar-refractivity contribution in [3.05, 3.63) is 0 Å². The molecule has 2 atom stereocenters. The van der Waals surface area contributed by atoms with Gasteiger partial charge in [-0.05, 0) is 26.7 Å². The Kier molecular flexibility index (Phi) is 3.84. The molecule has 0 aromatic heterocycles. The lowest BCUT2D eigenvalue weighted by atomic mass is 9.98. The van der Waals surface area contributed by atoms with Crippen LogP contribution in [0.15, 0.2) is 0 Å². The van der Waals surface area contributed by atoms with Crippen LogP contribution in [0.2, 0.25) is 0 Å². The summed E-state index contributed by atoms with van der Waals surface area (Å²) < 4.78 is 5.60. The van der Waals surface area contributed by atoms with Crippen LogP contribution in [0.25, 0.3) is 0 Å². The van der Waals surface area contributed by atoms with E-state index < -0.39 is 11.6 Å². The first-order valence-corrected chi connectivity index (χ1v) is 7.99. The first-order valence-electron chi connectivity index (χ1n) is 7.99. The van der Waals surface area contributed by atoms with E-state index >= 15 is 0 Å². The number of ether oxygens (including phenoxy) is 1. The Hall–Kier alpha value is -1.63. The fourth-order valence-corrected chi connectivity index (χ4v) is 3.75. The van der Waals surface area contributed by atoms with Crippen LogP contribution in [-0.2, 0) is 14.3 Å². The second-order valence-electron chi connectivity index (χ2n) is 6.67. The molecule has 122 valence electrons. The van der Waals surface area contributed by atoms with Gasteiger partial charge >= 0.3 is 6.03 Å². The molecule has 0 bridgehead atoms. The van der Waals surface area contributed by atoms with Crippen LogP contribution in [0.5, 0.6) is 0 Å². The molecular formula is C15H23N3O4. The summed E-state index contributed by atoms with van der Waals surface area (Å²) in [7, 11) is 0. The second-order valence-corrected chi connectivity index (χ2v) is 6.67. The van der Waals surface area contributed by atoms with E-state index in [4.69, 9.17) is 4.74 Å². The average molecular weight is 309 g/mol. The van der Waals surface area contributed by atoms with E-state index in [1.165, 1.54) is 0 Å². The van der Waals surface area contributed by atoms with Crippen LogP contribution in [0.1, 0.15) is 39.5 Å². The van der Waals surface area contributed by atoms with Crippen LogP contribution in [0, 0.1) is 0 Å². The minimum Gasteiger partial charge on any atom is -0.372 e. The van der Waals surface area contributed by atoms with Gasteiger partial charge in [0, 0.05) is 13.1 Å². The lowest BCUT2D eigenvalue weighted by Gasteiger charge is -2.35. The molecular weight excluding hydrogens is 286 g/mol. The molecule has 0 aromatic carbocycles. The van der Waals surface area contributed by atoms with Gasteiger partial charge in [0.15, 0.2) is 0 Å². The number of amides is 4. The van der Waals surface area contributed by atoms with E-state index in [2.05, 4.69) is 5.32 Å². The van der Waals surface area contributed by atoms with Crippen molar-refractivity contribution in [1.82, 2.24) is 15.1 Å². The Morgan fingerprint density at radius 3 is 2.41 bits per heavy atom. The first kappa shape index (κ1) is 15.3. The molecule has 4 amide bonds. The molecule has 7 heteroatoms. The number of rotatable bonds is 2. The maximum atomic E-state index is 12.5. The molecule has 3 rings (SSSR count). The van der Waals surface area contributed by atoms with Crippen molar-refractivity contribution in [2.75, 3.05) is 19.6 Å². The number of imide groups is 1. The van der Waals surface area contributed by atoms with Gasteiger partial charge in [0.05, 0.1) is 12.2 Å². The Morgan fingerprint density at radius 1 is 1.23 bits per heavy atom. The molecule has 1 saturated carbocycles. The summed E-state index contributed by atoms with van der Waals surface area (Å²) in [5.74, 6) is -0.432. The van der Waals surface area contributed by atoms with Crippen LogP contribution >= 0.6 is 0 Å². The van der Waals surface area contributed by atoms with E-state index in [1.807, 2.05) is 13.8 Å². The topological polar surface area (TPSA) is 79.0 Å². The molecule has 0 unspecified atom stereocenters. The number of urea groups is 1. The minimum atomic E-state index is -0.747. The monoisotopic (exact) mass is 309 g/mol. The fourth-order valence-electron chi connectivity index (χ4n) is 3.75. The Balaban J connectivity index is 1.66. The van der Waals surface area contributed by atoms with Crippen molar-refractivity contribution in [2.24, 2.45) is 0 Å². The molecule has 3 fully saturated rings. The molecule has 1 aliphatic carbocycles. The second kappa shape index (κ2) is 5.53. The van der Waals surface area contributed by atoms with Gasteiger partial charge in [0.1, 0.15) is 12.1 Å². The van der Waals surface area contributed by atoms with Crippen LogP contribution < -0.4 is 5.32 Å². The van der Waals surface area contributed by atoms with Gasteiger partial charge in [-0.25, -0.2) is 4.79 Å². The predicted octanol–water partition coefficient (Wildman–Crippen LogP) is 0.487. The Bertz CT molecular complexity index is 491. The maximum Gasteiger partial charge on any atom is 0.325 e. The third-order valence-corrected chi connectivity index (χ3v) is 4.77. The fraction of sp³-hybridized carbons (Fsp3) is 0.800. The number of morpholine rings is 1. The number of nitrogens with one attached hydrogen (secondary N) is 1. The van der Waals surface area contributed by atoms with E-state index in [0.29, 0.717) is 25.9 Å². The summed E-state index contributed by atoms with van der Waals surface area (Å²) in [5, 5.41) is 2.80. The van der Waals surface area contributed by atoms with E-state index in [0.717, 1.165) is 17.7 Å². The summed E-state index contributed by atoms with van der Waals surface area (Å²) in [6.45, 7) is 4.65. The van der Waals surface area contributed by atoms with Crippen molar-refractivity contribution in [3.63, 3.8) is 0 Å². The highest BCUT2D eigenvalue weighted by Crippen LogP contribution is 2.35. The van der Waals surface area contributed by atoms with Crippen molar-refractivity contribution in [1.29, 1.82) is 0 Å². The largest absolute Gasteiger partial charge is 0.372 e. The van der Waals surface area contributed by atoms with Gasteiger partial charge in [-0.15, -0.1) is 0 Å². The zero-order valence-electron chi connectivity index (χ0n) is 13.1. The van der Waals surface area contributed by atoms with Crippen LogP contribution in [-0.4, -0.2) is 65.0 Å². The van der Waals surface area contributed by atoms with Crippen LogP contribution in [0.4, 0.5) is 4.79 Å².